The number of hydrogen-bond donors (Lipinski definition) is 0. The fourth-order valence-corrected chi connectivity index (χ4v) is 5.35. The van der Waals surface area contributed by atoms with Gasteiger partial charge in [0.2, 0.25) is 11.8 Å². The summed E-state index contributed by atoms with van der Waals surface area (Å²) in [5.74, 6) is -1.52. The molecule has 0 N–H and O–H groups in total. The summed E-state index contributed by atoms with van der Waals surface area (Å²) in [6, 6.07) is 16.9. The fraction of sp³-hybridized carbons (Fsp3) is 0.333. The van der Waals surface area contributed by atoms with Gasteiger partial charge in [-0.1, -0.05) is 48.9 Å². The molecule has 1 fully saturated rings. The van der Waals surface area contributed by atoms with E-state index in [1.807, 2.05) is 54.6 Å². The van der Waals surface area contributed by atoms with Crippen molar-refractivity contribution in [1.82, 2.24) is 4.90 Å². The number of rotatable bonds is 4. The Bertz CT molecular complexity index is 1200. The van der Waals surface area contributed by atoms with Gasteiger partial charge in [0.05, 0.1) is 23.8 Å². The second kappa shape index (κ2) is 8.56. The van der Waals surface area contributed by atoms with E-state index in [1.54, 1.807) is 23.6 Å². The number of fused-ring (bicyclic) bond motifs is 2. The van der Waals surface area contributed by atoms with Crippen LogP contribution < -0.4 is 9.80 Å². The summed E-state index contributed by atoms with van der Waals surface area (Å²) in [6.45, 7) is 3.28. The highest BCUT2D eigenvalue weighted by Crippen LogP contribution is 2.43. The molecule has 34 heavy (non-hydrogen) atoms. The summed E-state index contributed by atoms with van der Waals surface area (Å²) in [4.78, 5) is 57.2. The number of hydrogen-bond acceptors (Lipinski definition) is 4. The minimum Gasteiger partial charge on any atom is -0.306 e. The Balaban J connectivity index is 1.53. The molecule has 2 aliphatic heterocycles. The summed E-state index contributed by atoms with van der Waals surface area (Å²) in [7, 11) is 0. The second-order valence-electron chi connectivity index (χ2n) is 9.21. The largest absolute Gasteiger partial charge is 0.306 e. The summed E-state index contributed by atoms with van der Waals surface area (Å²) >= 11 is 0. The summed E-state index contributed by atoms with van der Waals surface area (Å²) in [6.07, 6.45) is 2.25. The third kappa shape index (κ3) is 3.52. The summed E-state index contributed by atoms with van der Waals surface area (Å²) in [5, 5.41) is 0. The Morgan fingerprint density at radius 1 is 0.824 bits per heavy atom. The van der Waals surface area contributed by atoms with E-state index in [0.717, 1.165) is 16.9 Å². The zero-order valence-electron chi connectivity index (χ0n) is 19.4. The maximum Gasteiger partial charge on any atom is 0.257 e. The topological polar surface area (TPSA) is 78.0 Å². The predicted molar refractivity (Wildman–Crippen MR) is 128 cm³/mol. The van der Waals surface area contributed by atoms with Crippen molar-refractivity contribution >= 4 is 35.0 Å². The van der Waals surface area contributed by atoms with Crippen LogP contribution in [0.4, 0.5) is 11.4 Å². The standard InChI is InChI=1S/C27H27N3O4/c1-17-18(2)26(33)29(25(17)32)16-24(31)30-21-14-8-11-20(21)27(34)28(15-19-9-4-3-5-10-19)22-12-6-7-13-23(22)30/h3-7,9-10,12-13,20-21H,8,11,14-16H2,1-2H3/t20?,21-/m1/s1. The molecule has 2 aromatic carbocycles. The molecule has 0 saturated heterocycles. The number of carbonyl (C=O) groups is 4. The number of amides is 4. The molecule has 0 radical (unpaired) electrons. The van der Waals surface area contributed by atoms with Gasteiger partial charge in [0.15, 0.2) is 0 Å². The van der Waals surface area contributed by atoms with Crippen molar-refractivity contribution in [2.24, 2.45) is 5.92 Å². The van der Waals surface area contributed by atoms with Gasteiger partial charge in [-0.3, -0.25) is 24.1 Å². The van der Waals surface area contributed by atoms with Crippen LogP contribution in [0, 0.1) is 5.92 Å². The normalized spacial score (nSPS) is 22.3. The van der Waals surface area contributed by atoms with Gasteiger partial charge in [-0.15, -0.1) is 0 Å². The molecule has 1 aliphatic carbocycles. The smallest absolute Gasteiger partial charge is 0.257 e. The van der Waals surface area contributed by atoms with Gasteiger partial charge in [0, 0.05) is 17.2 Å². The van der Waals surface area contributed by atoms with Crippen LogP contribution in [0.5, 0.6) is 0 Å². The average Bonchev–Trinajstić information content (AvgIpc) is 3.37. The highest BCUT2D eigenvalue weighted by molar-refractivity contribution is 6.20. The lowest BCUT2D eigenvalue weighted by Crippen LogP contribution is -2.49. The molecule has 0 aromatic heterocycles. The maximum absolute atomic E-state index is 13.8. The van der Waals surface area contributed by atoms with Crippen LogP contribution in [0.3, 0.4) is 0 Å². The van der Waals surface area contributed by atoms with Crippen LogP contribution in [0.15, 0.2) is 65.7 Å². The second-order valence-corrected chi connectivity index (χ2v) is 9.21. The Hall–Kier alpha value is -3.74. The number of imide groups is 1. The lowest BCUT2D eigenvalue weighted by Gasteiger charge is -2.31. The first-order chi connectivity index (χ1) is 16.4. The minimum atomic E-state index is -0.427. The Kier molecular flexibility index (Phi) is 5.55. The SMILES string of the molecule is CC1=C(C)C(=O)N(CC(=O)N2c3ccccc3N(Cc3ccccc3)C(=O)C3CCC[C@H]32)C1=O. The van der Waals surface area contributed by atoms with Crippen LogP contribution in [0.2, 0.25) is 0 Å². The van der Waals surface area contributed by atoms with Crippen molar-refractivity contribution in [2.75, 3.05) is 16.3 Å². The lowest BCUT2D eigenvalue weighted by molar-refractivity contribution is -0.141. The van der Waals surface area contributed by atoms with E-state index in [2.05, 4.69) is 0 Å². The highest BCUT2D eigenvalue weighted by atomic mass is 16.2. The van der Waals surface area contributed by atoms with Gasteiger partial charge in [0.25, 0.3) is 11.8 Å². The number of benzene rings is 2. The lowest BCUT2D eigenvalue weighted by atomic mass is 10.0. The number of anilines is 2. The molecule has 3 aliphatic rings. The number of carbonyl (C=O) groups excluding carboxylic acids is 4. The number of para-hydroxylation sites is 2. The van der Waals surface area contributed by atoms with Gasteiger partial charge in [0.1, 0.15) is 6.54 Å². The Labute approximate surface area is 198 Å². The van der Waals surface area contributed by atoms with Gasteiger partial charge in [-0.25, -0.2) is 0 Å². The van der Waals surface area contributed by atoms with Crippen LogP contribution >= 0.6 is 0 Å². The van der Waals surface area contributed by atoms with E-state index in [1.165, 1.54) is 0 Å². The maximum atomic E-state index is 13.8. The van der Waals surface area contributed by atoms with E-state index in [4.69, 9.17) is 0 Å². The first-order valence-corrected chi connectivity index (χ1v) is 11.7. The molecule has 1 unspecified atom stereocenters. The molecule has 2 atom stereocenters. The quantitative estimate of drug-likeness (QED) is 0.659. The number of nitrogens with zero attached hydrogens (tertiary/aromatic N) is 3. The molecule has 174 valence electrons. The van der Waals surface area contributed by atoms with E-state index < -0.39 is 11.8 Å². The molecule has 0 bridgehead atoms. The van der Waals surface area contributed by atoms with E-state index in [-0.39, 0.29) is 30.3 Å². The van der Waals surface area contributed by atoms with Crippen molar-refractivity contribution in [3.63, 3.8) is 0 Å². The molecule has 7 heteroatoms. The van der Waals surface area contributed by atoms with Crippen LogP contribution in [-0.2, 0) is 25.7 Å². The Morgan fingerprint density at radius 2 is 1.44 bits per heavy atom. The molecule has 2 aromatic rings. The van der Waals surface area contributed by atoms with Crippen molar-refractivity contribution in [2.45, 2.75) is 45.7 Å². The van der Waals surface area contributed by atoms with E-state index in [9.17, 15) is 19.2 Å². The Morgan fingerprint density at radius 3 is 2.12 bits per heavy atom. The van der Waals surface area contributed by atoms with Crippen molar-refractivity contribution in [3.8, 4) is 0 Å². The third-order valence-electron chi connectivity index (χ3n) is 7.27. The molecular weight excluding hydrogens is 430 g/mol. The summed E-state index contributed by atoms with van der Waals surface area (Å²) < 4.78 is 0. The molecule has 4 amide bonds. The first-order valence-electron chi connectivity index (χ1n) is 11.7. The highest BCUT2D eigenvalue weighted by Gasteiger charge is 2.46. The van der Waals surface area contributed by atoms with Crippen LogP contribution in [0.1, 0.15) is 38.7 Å². The van der Waals surface area contributed by atoms with E-state index >= 15 is 0 Å². The molecular formula is C27H27N3O4. The molecule has 7 nitrogen and oxygen atoms in total. The van der Waals surface area contributed by atoms with Crippen molar-refractivity contribution in [1.29, 1.82) is 0 Å². The summed E-state index contributed by atoms with van der Waals surface area (Å²) in [5.41, 5.74) is 3.06. The zero-order chi connectivity index (χ0) is 24.0. The van der Waals surface area contributed by atoms with Crippen LogP contribution in [-0.4, -0.2) is 41.1 Å². The van der Waals surface area contributed by atoms with Gasteiger partial charge in [-0.2, -0.15) is 0 Å². The van der Waals surface area contributed by atoms with E-state index in [0.29, 0.717) is 41.9 Å². The van der Waals surface area contributed by atoms with Crippen molar-refractivity contribution in [3.05, 3.63) is 71.3 Å². The minimum absolute atomic E-state index is 0.00999. The third-order valence-corrected chi connectivity index (χ3v) is 7.27. The van der Waals surface area contributed by atoms with Gasteiger partial charge in [-0.05, 0) is 44.4 Å². The first kappa shape index (κ1) is 22.1. The van der Waals surface area contributed by atoms with Gasteiger partial charge >= 0.3 is 0 Å². The molecule has 2 heterocycles. The fourth-order valence-electron chi connectivity index (χ4n) is 5.35. The monoisotopic (exact) mass is 457 g/mol. The van der Waals surface area contributed by atoms with Crippen molar-refractivity contribution < 1.29 is 19.2 Å². The van der Waals surface area contributed by atoms with Crippen LogP contribution in [0.25, 0.3) is 0 Å². The average molecular weight is 458 g/mol. The predicted octanol–water partition coefficient (Wildman–Crippen LogP) is 3.44. The molecule has 0 spiro atoms. The molecule has 5 rings (SSSR count). The van der Waals surface area contributed by atoms with Gasteiger partial charge < -0.3 is 9.80 Å². The zero-order valence-corrected chi connectivity index (χ0v) is 19.4. The molecule has 1 saturated carbocycles.